The SMILES string of the molecule is CCNCC(C)C(=O)Nc1ccc(Br)cc1CC. The van der Waals surface area contributed by atoms with Crippen molar-refractivity contribution >= 4 is 27.5 Å². The maximum atomic E-state index is 12.0. The van der Waals surface area contributed by atoms with Gasteiger partial charge in [0.15, 0.2) is 0 Å². The molecule has 2 N–H and O–H groups in total. The molecule has 1 amide bonds. The Bertz CT molecular complexity index is 407. The lowest BCUT2D eigenvalue weighted by Crippen LogP contribution is -2.30. The predicted octanol–water partition coefficient (Wildman–Crippen LogP) is 3.20. The zero-order chi connectivity index (χ0) is 13.5. The van der Waals surface area contributed by atoms with Crippen molar-refractivity contribution in [1.29, 1.82) is 0 Å². The van der Waals surface area contributed by atoms with Crippen LogP contribution in [-0.4, -0.2) is 19.0 Å². The molecule has 1 atom stereocenters. The summed E-state index contributed by atoms with van der Waals surface area (Å²) in [5.74, 6) is 0.0336. The molecule has 1 aromatic rings. The van der Waals surface area contributed by atoms with Gasteiger partial charge in [-0.25, -0.2) is 0 Å². The van der Waals surface area contributed by atoms with E-state index >= 15 is 0 Å². The number of anilines is 1. The summed E-state index contributed by atoms with van der Waals surface area (Å²) in [5.41, 5.74) is 2.06. The minimum atomic E-state index is -0.0293. The van der Waals surface area contributed by atoms with Crippen molar-refractivity contribution in [2.24, 2.45) is 5.92 Å². The first kappa shape index (κ1) is 15.2. The molecule has 0 radical (unpaired) electrons. The molecule has 18 heavy (non-hydrogen) atoms. The van der Waals surface area contributed by atoms with Crippen LogP contribution in [0.4, 0.5) is 5.69 Å². The molecule has 1 aromatic carbocycles. The van der Waals surface area contributed by atoms with Crippen LogP contribution in [0.3, 0.4) is 0 Å². The van der Waals surface area contributed by atoms with Crippen LogP contribution in [0.25, 0.3) is 0 Å². The minimum absolute atomic E-state index is 0.0293. The first-order valence-corrected chi connectivity index (χ1v) is 7.17. The van der Waals surface area contributed by atoms with Crippen LogP contribution < -0.4 is 10.6 Å². The van der Waals surface area contributed by atoms with Gasteiger partial charge in [-0.15, -0.1) is 0 Å². The monoisotopic (exact) mass is 312 g/mol. The lowest BCUT2D eigenvalue weighted by atomic mass is 10.1. The molecule has 0 spiro atoms. The van der Waals surface area contributed by atoms with E-state index in [1.807, 2.05) is 32.0 Å². The third-order valence-corrected chi connectivity index (χ3v) is 3.35. The molecule has 0 aliphatic heterocycles. The zero-order valence-electron chi connectivity index (χ0n) is 11.2. The normalized spacial score (nSPS) is 12.2. The number of hydrogen-bond acceptors (Lipinski definition) is 2. The summed E-state index contributed by atoms with van der Waals surface area (Å²) in [6, 6.07) is 5.94. The fraction of sp³-hybridized carbons (Fsp3) is 0.500. The molecule has 0 bridgehead atoms. The molecule has 0 aliphatic carbocycles. The molecule has 1 unspecified atom stereocenters. The Morgan fingerprint density at radius 2 is 2.11 bits per heavy atom. The summed E-state index contributed by atoms with van der Waals surface area (Å²) >= 11 is 3.44. The van der Waals surface area contributed by atoms with E-state index in [1.165, 1.54) is 0 Å². The Hall–Kier alpha value is -0.870. The second-order valence-corrected chi connectivity index (χ2v) is 5.27. The van der Waals surface area contributed by atoms with Crippen molar-refractivity contribution in [2.75, 3.05) is 18.4 Å². The van der Waals surface area contributed by atoms with Gasteiger partial charge in [-0.1, -0.05) is 36.7 Å². The number of nitrogens with one attached hydrogen (secondary N) is 2. The van der Waals surface area contributed by atoms with E-state index in [1.54, 1.807) is 0 Å². The molecule has 0 saturated heterocycles. The van der Waals surface area contributed by atoms with Crippen molar-refractivity contribution in [3.05, 3.63) is 28.2 Å². The summed E-state index contributed by atoms with van der Waals surface area (Å²) in [7, 11) is 0. The van der Waals surface area contributed by atoms with Crippen molar-refractivity contribution in [3.63, 3.8) is 0 Å². The molecule has 0 fully saturated rings. The Kier molecular flexibility index (Phi) is 6.36. The highest BCUT2D eigenvalue weighted by molar-refractivity contribution is 9.10. The van der Waals surface area contributed by atoms with Crippen LogP contribution in [0, 0.1) is 5.92 Å². The van der Waals surface area contributed by atoms with E-state index in [0.29, 0.717) is 6.54 Å². The fourth-order valence-corrected chi connectivity index (χ4v) is 2.09. The maximum absolute atomic E-state index is 12.0. The lowest BCUT2D eigenvalue weighted by molar-refractivity contribution is -0.119. The summed E-state index contributed by atoms with van der Waals surface area (Å²) < 4.78 is 1.04. The Morgan fingerprint density at radius 1 is 1.39 bits per heavy atom. The molecule has 0 aromatic heterocycles. The smallest absolute Gasteiger partial charge is 0.228 e. The molecule has 100 valence electrons. The summed E-state index contributed by atoms with van der Waals surface area (Å²) in [5, 5.41) is 6.18. The van der Waals surface area contributed by atoms with E-state index in [2.05, 4.69) is 33.5 Å². The highest BCUT2D eigenvalue weighted by atomic mass is 79.9. The Balaban J connectivity index is 2.69. The minimum Gasteiger partial charge on any atom is -0.326 e. The summed E-state index contributed by atoms with van der Waals surface area (Å²) in [6.07, 6.45) is 0.899. The number of carbonyl (C=O) groups excluding carboxylic acids is 1. The number of aryl methyl sites for hydroxylation is 1. The number of hydrogen-bond donors (Lipinski definition) is 2. The fourth-order valence-electron chi connectivity index (χ4n) is 1.69. The maximum Gasteiger partial charge on any atom is 0.228 e. The Morgan fingerprint density at radius 3 is 2.72 bits per heavy atom. The van der Waals surface area contributed by atoms with Crippen LogP contribution in [0.2, 0.25) is 0 Å². The number of carbonyl (C=O) groups is 1. The third-order valence-electron chi connectivity index (χ3n) is 2.85. The second-order valence-electron chi connectivity index (χ2n) is 4.35. The van der Waals surface area contributed by atoms with Gasteiger partial charge < -0.3 is 10.6 Å². The largest absolute Gasteiger partial charge is 0.326 e. The van der Waals surface area contributed by atoms with E-state index in [-0.39, 0.29) is 11.8 Å². The number of amides is 1. The third kappa shape index (κ3) is 4.42. The van der Waals surface area contributed by atoms with Crippen LogP contribution >= 0.6 is 15.9 Å². The predicted molar refractivity (Wildman–Crippen MR) is 79.9 cm³/mol. The van der Waals surface area contributed by atoms with Gasteiger partial charge in [0, 0.05) is 22.6 Å². The highest BCUT2D eigenvalue weighted by Gasteiger charge is 2.13. The first-order valence-electron chi connectivity index (χ1n) is 6.38. The Labute approximate surface area is 117 Å². The highest BCUT2D eigenvalue weighted by Crippen LogP contribution is 2.22. The van der Waals surface area contributed by atoms with Gasteiger partial charge in [0.2, 0.25) is 5.91 Å². The zero-order valence-corrected chi connectivity index (χ0v) is 12.8. The van der Waals surface area contributed by atoms with Gasteiger partial charge in [0.25, 0.3) is 0 Å². The lowest BCUT2D eigenvalue weighted by Gasteiger charge is -2.15. The summed E-state index contributed by atoms with van der Waals surface area (Å²) in [4.78, 5) is 12.0. The van der Waals surface area contributed by atoms with Gasteiger partial charge >= 0.3 is 0 Å². The molecule has 0 aliphatic rings. The quantitative estimate of drug-likeness (QED) is 0.847. The average molecular weight is 313 g/mol. The molecule has 1 rings (SSSR count). The summed E-state index contributed by atoms with van der Waals surface area (Å²) in [6.45, 7) is 7.65. The van der Waals surface area contributed by atoms with E-state index < -0.39 is 0 Å². The molecular formula is C14H21BrN2O. The number of benzene rings is 1. The van der Waals surface area contributed by atoms with Crippen LogP contribution in [0.1, 0.15) is 26.3 Å². The van der Waals surface area contributed by atoms with Crippen molar-refractivity contribution < 1.29 is 4.79 Å². The van der Waals surface area contributed by atoms with Gasteiger partial charge in [-0.3, -0.25) is 4.79 Å². The average Bonchev–Trinajstić information content (AvgIpc) is 2.37. The van der Waals surface area contributed by atoms with E-state index in [0.717, 1.165) is 28.7 Å². The van der Waals surface area contributed by atoms with Crippen molar-refractivity contribution in [2.45, 2.75) is 27.2 Å². The van der Waals surface area contributed by atoms with E-state index in [4.69, 9.17) is 0 Å². The van der Waals surface area contributed by atoms with Crippen LogP contribution in [0.15, 0.2) is 22.7 Å². The van der Waals surface area contributed by atoms with Crippen LogP contribution in [0.5, 0.6) is 0 Å². The molecule has 0 saturated carbocycles. The molecule has 3 nitrogen and oxygen atoms in total. The second kappa shape index (κ2) is 7.54. The van der Waals surface area contributed by atoms with E-state index in [9.17, 15) is 4.79 Å². The van der Waals surface area contributed by atoms with Crippen molar-refractivity contribution in [3.8, 4) is 0 Å². The molecule has 0 heterocycles. The first-order chi connectivity index (χ1) is 8.58. The van der Waals surface area contributed by atoms with Crippen molar-refractivity contribution in [1.82, 2.24) is 5.32 Å². The van der Waals surface area contributed by atoms with Gasteiger partial charge in [-0.2, -0.15) is 0 Å². The standard InChI is InChI=1S/C14H21BrN2O/c1-4-11-8-12(15)6-7-13(11)17-14(18)10(3)9-16-5-2/h6-8,10,16H,4-5,9H2,1-3H3,(H,17,18). The topological polar surface area (TPSA) is 41.1 Å². The molecule has 4 heteroatoms. The molecular weight excluding hydrogens is 292 g/mol. The van der Waals surface area contributed by atoms with Gasteiger partial charge in [0.05, 0.1) is 0 Å². The number of rotatable bonds is 6. The van der Waals surface area contributed by atoms with Crippen LogP contribution in [-0.2, 0) is 11.2 Å². The van der Waals surface area contributed by atoms with Gasteiger partial charge in [0.1, 0.15) is 0 Å². The number of halogens is 1. The van der Waals surface area contributed by atoms with Gasteiger partial charge in [-0.05, 0) is 36.7 Å².